The van der Waals surface area contributed by atoms with Crippen molar-refractivity contribution in [2.75, 3.05) is 11.1 Å². The SMILES string of the molecule is CCCSc1ncc(Cl)c(C(=O)Nc2ccc(Cl)cc2)n1. The molecule has 110 valence electrons. The number of amides is 1. The van der Waals surface area contributed by atoms with Crippen molar-refractivity contribution in [1.29, 1.82) is 0 Å². The zero-order valence-corrected chi connectivity index (χ0v) is 13.6. The van der Waals surface area contributed by atoms with E-state index >= 15 is 0 Å². The number of anilines is 1. The maximum atomic E-state index is 12.2. The molecule has 1 amide bonds. The van der Waals surface area contributed by atoms with Gasteiger partial charge in [-0.3, -0.25) is 4.79 Å². The van der Waals surface area contributed by atoms with Crippen LogP contribution in [0, 0.1) is 0 Å². The molecule has 2 aromatic rings. The Labute approximate surface area is 137 Å². The van der Waals surface area contributed by atoms with Crippen molar-refractivity contribution < 1.29 is 4.79 Å². The van der Waals surface area contributed by atoms with Crippen molar-refractivity contribution in [2.24, 2.45) is 0 Å². The number of carbonyl (C=O) groups is 1. The molecule has 0 aliphatic carbocycles. The van der Waals surface area contributed by atoms with Gasteiger partial charge in [0.1, 0.15) is 0 Å². The molecule has 0 radical (unpaired) electrons. The summed E-state index contributed by atoms with van der Waals surface area (Å²) in [4.78, 5) is 20.5. The van der Waals surface area contributed by atoms with Crippen molar-refractivity contribution in [1.82, 2.24) is 9.97 Å². The molecule has 2 rings (SSSR count). The Hall–Kier alpha value is -1.30. The lowest BCUT2D eigenvalue weighted by atomic mass is 10.3. The van der Waals surface area contributed by atoms with Gasteiger partial charge in [-0.25, -0.2) is 9.97 Å². The molecule has 0 atom stereocenters. The fourth-order valence-electron chi connectivity index (χ4n) is 1.50. The van der Waals surface area contributed by atoms with Crippen LogP contribution in [-0.2, 0) is 0 Å². The van der Waals surface area contributed by atoms with Crippen LogP contribution in [0.25, 0.3) is 0 Å². The molecule has 4 nitrogen and oxygen atoms in total. The van der Waals surface area contributed by atoms with Gasteiger partial charge in [-0.05, 0) is 30.7 Å². The first kappa shape index (κ1) is 16.1. The van der Waals surface area contributed by atoms with E-state index in [1.807, 2.05) is 0 Å². The second-order valence-corrected chi connectivity index (χ2v) is 6.06. The molecule has 0 aliphatic heterocycles. The van der Waals surface area contributed by atoms with E-state index in [4.69, 9.17) is 23.2 Å². The maximum Gasteiger partial charge on any atom is 0.275 e. The summed E-state index contributed by atoms with van der Waals surface area (Å²) in [6, 6.07) is 6.81. The average molecular weight is 342 g/mol. The molecule has 0 unspecified atom stereocenters. The van der Waals surface area contributed by atoms with Crippen molar-refractivity contribution >= 4 is 46.6 Å². The van der Waals surface area contributed by atoms with Crippen LogP contribution >= 0.6 is 35.0 Å². The molecule has 0 saturated carbocycles. The van der Waals surface area contributed by atoms with Gasteiger partial charge in [-0.15, -0.1) is 0 Å². The zero-order chi connectivity index (χ0) is 15.2. The number of hydrogen-bond donors (Lipinski definition) is 1. The highest BCUT2D eigenvalue weighted by atomic mass is 35.5. The summed E-state index contributed by atoms with van der Waals surface area (Å²) < 4.78 is 0. The molecule has 21 heavy (non-hydrogen) atoms. The van der Waals surface area contributed by atoms with E-state index in [9.17, 15) is 4.79 Å². The Morgan fingerprint density at radius 3 is 2.67 bits per heavy atom. The molecule has 7 heteroatoms. The van der Waals surface area contributed by atoms with E-state index in [0.717, 1.165) is 12.2 Å². The molecule has 0 fully saturated rings. The number of nitrogens with zero attached hydrogens (tertiary/aromatic N) is 2. The average Bonchev–Trinajstić information content (AvgIpc) is 2.48. The van der Waals surface area contributed by atoms with Gasteiger partial charge < -0.3 is 5.32 Å². The topological polar surface area (TPSA) is 54.9 Å². The third-order valence-electron chi connectivity index (χ3n) is 2.47. The summed E-state index contributed by atoms with van der Waals surface area (Å²) in [5, 5.41) is 4.10. The third kappa shape index (κ3) is 4.59. The van der Waals surface area contributed by atoms with Crippen LogP contribution in [0.2, 0.25) is 10.0 Å². The van der Waals surface area contributed by atoms with E-state index < -0.39 is 0 Å². The molecule has 1 N–H and O–H groups in total. The van der Waals surface area contributed by atoms with Crippen molar-refractivity contribution in [2.45, 2.75) is 18.5 Å². The Morgan fingerprint density at radius 1 is 1.29 bits per heavy atom. The van der Waals surface area contributed by atoms with Gasteiger partial charge in [0.05, 0.1) is 11.2 Å². The molecule has 0 saturated heterocycles. The zero-order valence-electron chi connectivity index (χ0n) is 11.3. The van der Waals surface area contributed by atoms with E-state index in [1.165, 1.54) is 18.0 Å². The molecule has 1 aromatic carbocycles. The number of halogens is 2. The summed E-state index contributed by atoms with van der Waals surface area (Å²) in [7, 11) is 0. The van der Waals surface area contributed by atoms with Gasteiger partial charge in [0, 0.05) is 16.5 Å². The predicted octanol–water partition coefficient (Wildman–Crippen LogP) is 4.54. The van der Waals surface area contributed by atoms with Crippen molar-refractivity contribution in [3.63, 3.8) is 0 Å². The Bertz CT molecular complexity index is 635. The van der Waals surface area contributed by atoms with Gasteiger partial charge in [0.25, 0.3) is 5.91 Å². The summed E-state index contributed by atoms with van der Waals surface area (Å²) >= 11 is 13.3. The number of nitrogens with one attached hydrogen (secondary N) is 1. The summed E-state index contributed by atoms with van der Waals surface area (Å²) in [6.07, 6.45) is 2.45. The predicted molar refractivity (Wildman–Crippen MR) is 87.5 cm³/mol. The minimum absolute atomic E-state index is 0.167. The van der Waals surface area contributed by atoms with Crippen molar-refractivity contribution in [3.05, 3.63) is 46.2 Å². The normalized spacial score (nSPS) is 10.4. The Balaban J connectivity index is 2.15. The lowest BCUT2D eigenvalue weighted by Crippen LogP contribution is -2.15. The van der Waals surface area contributed by atoms with E-state index in [-0.39, 0.29) is 16.6 Å². The van der Waals surface area contributed by atoms with Crippen molar-refractivity contribution in [3.8, 4) is 0 Å². The maximum absolute atomic E-state index is 12.2. The van der Waals surface area contributed by atoms with Crippen LogP contribution in [-0.4, -0.2) is 21.6 Å². The number of benzene rings is 1. The van der Waals surface area contributed by atoms with Crippen LogP contribution in [0.4, 0.5) is 5.69 Å². The highest BCUT2D eigenvalue weighted by Crippen LogP contribution is 2.20. The van der Waals surface area contributed by atoms with Crippen LogP contribution in [0.1, 0.15) is 23.8 Å². The quantitative estimate of drug-likeness (QED) is 0.640. The van der Waals surface area contributed by atoms with E-state index in [0.29, 0.717) is 15.9 Å². The van der Waals surface area contributed by atoms with Gasteiger partial charge in [-0.2, -0.15) is 0 Å². The second kappa shape index (κ2) is 7.64. The van der Waals surface area contributed by atoms with Crippen LogP contribution < -0.4 is 5.32 Å². The molecule has 0 aliphatic rings. The van der Waals surface area contributed by atoms with Gasteiger partial charge in [0.15, 0.2) is 10.9 Å². The first-order chi connectivity index (χ1) is 10.1. The lowest BCUT2D eigenvalue weighted by molar-refractivity contribution is 0.102. The molecular formula is C14H13Cl2N3OS. The standard InChI is InChI=1S/C14H13Cl2N3OS/c1-2-7-21-14-17-8-11(16)12(19-14)13(20)18-10-5-3-9(15)4-6-10/h3-6,8H,2,7H2,1H3,(H,18,20). The highest BCUT2D eigenvalue weighted by Gasteiger charge is 2.14. The number of aromatic nitrogens is 2. The highest BCUT2D eigenvalue weighted by molar-refractivity contribution is 7.99. The lowest BCUT2D eigenvalue weighted by Gasteiger charge is -2.07. The number of hydrogen-bond acceptors (Lipinski definition) is 4. The molecule has 1 aromatic heterocycles. The fraction of sp³-hybridized carbons (Fsp3) is 0.214. The smallest absolute Gasteiger partial charge is 0.275 e. The molecule has 0 spiro atoms. The number of thioether (sulfide) groups is 1. The Kier molecular flexibility index (Phi) is 5.85. The minimum Gasteiger partial charge on any atom is -0.321 e. The first-order valence-corrected chi connectivity index (χ1v) is 8.06. The fourth-order valence-corrected chi connectivity index (χ4v) is 2.47. The van der Waals surface area contributed by atoms with Crippen LogP contribution in [0.5, 0.6) is 0 Å². The van der Waals surface area contributed by atoms with Crippen LogP contribution in [0.15, 0.2) is 35.6 Å². The summed E-state index contributed by atoms with van der Waals surface area (Å²) in [5.41, 5.74) is 0.794. The molecule has 0 bridgehead atoms. The van der Waals surface area contributed by atoms with Gasteiger partial charge in [0.2, 0.25) is 0 Å². The monoisotopic (exact) mass is 341 g/mol. The number of rotatable bonds is 5. The van der Waals surface area contributed by atoms with Crippen LogP contribution in [0.3, 0.4) is 0 Å². The second-order valence-electron chi connectivity index (χ2n) is 4.16. The van der Waals surface area contributed by atoms with Gasteiger partial charge >= 0.3 is 0 Å². The third-order valence-corrected chi connectivity index (χ3v) is 4.07. The van der Waals surface area contributed by atoms with E-state index in [1.54, 1.807) is 24.3 Å². The first-order valence-electron chi connectivity index (χ1n) is 6.32. The number of carbonyl (C=O) groups excluding carboxylic acids is 1. The summed E-state index contributed by atoms with van der Waals surface area (Å²) in [5.74, 6) is 0.517. The molecule has 1 heterocycles. The largest absolute Gasteiger partial charge is 0.321 e. The van der Waals surface area contributed by atoms with E-state index in [2.05, 4.69) is 22.2 Å². The molecular weight excluding hydrogens is 329 g/mol. The Morgan fingerprint density at radius 2 is 2.00 bits per heavy atom. The summed E-state index contributed by atoms with van der Waals surface area (Å²) in [6.45, 7) is 2.07. The van der Waals surface area contributed by atoms with Gasteiger partial charge in [-0.1, -0.05) is 41.9 Å². The minimum atomic E-state index is -0.372.